The van der Waals surface area contributed by atoms with Gasteiger partial charge in [0.1, 0.15) is 29.0 Å². The maximum Gasteiger partial charge on any atom is 0.573 e. The first-order valence-corrected chi connectivity index (χ1v) is 33.2. The maximum absolute atomic E-state index is 15.5. The highest BCUT2D eigenvalue weighted by Gasteiger charge is 2.42. The molecule has 0 saturated carbocycles. The summed E-state index contributed by atoms with van der Waals surface area (Å²) in [5, 5.41) is 7.61. The zero-order valence-corrected chi connectivity index (χ0v) is 55.2. The fourth-order valence-electron chi connectivity index (χ4n) is 12.4. The number of fused-ring (bicyclic) bond motifs is 2. The second kappa shape index (κ2) is 32.0. The number of esters is 2. The van der Waals surface area contributed by atoms with Crippen molar-refractivity contribution in [1.82, 2.24) is 19.8 Å². The van der Waals surface area contributed by atoms with E-state index < -0.39 is 112 Å². The quantitative estimate of drug-likeness (QED) is 0.0338. The van der Waals surface area contributed by atoms with Crippen LogP contribution in [0.4, 0.5) is 52.7 Å². The summed E-state index contributed by atoms with van der Waals surface area (Å²) >= 11 is 2.52. The summed E-state index contributed by atoms with van der Waals surface area (Å²) in [5.74, 6) is -3.21. The molecule has 4 heterocycles. The van der Waals surface area contributed by atoms with Crippen molar-refractivity contribution in [1.29, 1.82) is 0 Å². The minimum absolute atomic E-state index is 0.0447. The fourth-order valence-corrected chi connectivity index (χ4v) is 15.2. The third-order valence-corrected chi connectivity index (χ3v) is 19.3. The van der Waals surface area contributed by atoms with Crippen molar-refractivity contribution in [3.8, 4) is 33.8 Å². The molecule has 8 aromatic rings. The zero-order chi connectivity index (χ0) is 70.8. The number of ether oxygens (including phenoxy) is 4. The van der Waals surface area contributed by atoms with E-state index in [1.165, 1.54) is 71.0 Å². The number of pyridine rings is 2. The Morgan fingerprint density at radius 1 is 0.541 bits per heavy atom. The van der Waals surface area contributed by atoms with Crippen LogP contribution in [-0.4, -0.2) is 72.4 Å². The molecule has 98 heavy (non-hydrogen) atoms. The summed E-state index contributed by atoms with van der Waals surface area (Å²) < 4.78 is 193. The lowest BCUT2D eigenvalue weighted by Crippen LogP contribution is -2.36. The van der Waals surface area contributed by atoms with Gasteiger partial charge < -0.3 is 29.6 Å². The number of carbonyl (C=O) groups is 2. The highest BCUT2D eigenvalue weighted by atomic mass is 32.2. The van der Waals surface area contributed by atoms with Gasteiger partial charge in [-0.2, -0.15) is 26.3 Å². The van der Waals surface area contributed by atoms with Crippen LogP contribution in [0.25, 0.3) is 22.3 Å². The first kappa shape index (κ1) is 73.8. The summed E-state index contributed by atoms with van der Waals surface area (Å²) in [6.45, 7) is 7.73. The number of thioether (sulfide) groups is 2. The standard InChI is InChI=1S/C36H33F7N2O4S.C36H35F5N2O4S/c1-3-48-30(46)16-9-17-44-32(22-10-5-4-6-11-22)29-20-50-34-25(19-26-27(35(38,39)40)14-8-15-28(26)37)21(2)31(33(47)45(29)34)23-12-7-13-24(18-23)49-36(41,42)43;1-4-47-31(44)14-9-17-42-33(22-10-6-5-7-11-22)30-20-48-35-24(19-25-27(36(39,40)41)12-8-13-28(25)37)21(2)32(34(45)43(30)35)26-18-23(46-3)15-16-29(26)38/h4-8,10-15,18,29,32,44H,3,9,16-17,19-20H2,1-2H3;5-8,10-13,15-16,18,30,33,42H,4,9,14,17,19-20H2,1-3H3. The second-order valence-electron chi connectivity index (χ2n) is 23.0. The SMILES string of the molecule is CCOC(=O)CCCNC(c1ccccc1)C1CSc2c(Cc3c(F)cccc3C(F)(F)F)c(C)c(-c3cc(OC)ccc3F)c(=O)n21.CCOC(=O)CCCNC(c1ccccc1)C1CSc2c(Cc3c(F)cccc3C(F)(F)F)c(C)c(-c3cccc(OC(F)(F)F)c3)c(=O)n21. The van der Waals surface area contributed by atoms with Crippen molar-refractivity contribution in [2.45, 2.75) is 119 Å². The lowest BCUT2D eigenvalue weighted by Gasteiger charge is -2.28. The molecular formula is C72H68F12N4O8S2. The van der Waals surface area contributed by atoms with E-state index in [0.717, 1.165) is 65.7 Å². The van der Waals surface area contributed by atoms with Crippen LogP contribution in [-0.2, 0) is 44.3 Å². The number of alkyl halides is 9. The average Bonchev–Trinajstić information content (AvgIpc) is 1.47. The van der Waals surface area contributed by atoms with Gasteiger partial charge in [0, 0.05) is 53.9 Å². The Kier molecular flexibility index (Phi) is 24.1. The van der Waals surface area contributed by atoms with E-state index in [4.69, 9.17) is 14.2 Å². The molecule has 0 amide bonds. The summed E-state index contributed by atoms with van der Waals surface area (Å²) in [4.78, 5) is 53.0. The lowest BCUT2D eigenvalue weighted by atomic mass is 9.91. The third-order valence-electron chi connectivity index (χ3n) is 16.8. The van der Waals surface area contributed by atoms with E-state index in [1.807, 2.05) is 60.7 Å². The van der Waals surface area contributed by atoms with Crippen LogP contribution in [0.15, 0.2) is 159 Å². The number of nitrogens with zero attached hydrogens (tertiary/aromatic N) is 2. The van der Waals surface area contributed by atoms with Gasteiger partial charge in [-0.15, -0.1) is 36.7 Å². The number of nitrogens with one attached hydrogen (secondary N) is 2. The molecule has 6 aromatic carbocycles. The average molecular weight is 1410 g/mol. The van der Waals surface area contributed by atoms with Gasteiger partial charge >= 0.3 is 30.7 Å². The molecule has 12 nitrogen and oxygen atoms in total. The monoisotopic (exact) mass is 1410 g/mol. The Morgan fingerprint density at radius 2 is 0.990 bits per heavy atom. The molecule has 0 saturated heterocycles. The number of halogens is 12. The van der Waals surface area contributed by atoms with Crippen LogP contribution >= 0.6 is 23.5 Å². The van der Waals surface area contributed by atoms with Gasteiger partial charge in [-0.25, -0.2) is 13.2 Å². The van der Waals surface area contributed by atoms with Crippen molar-refractivity contribution in [2.24, 2.45) is 0 Å². The van der Waals surface area contributed by atoms with Gasteiger partial charge in [0.05, 0.1) is 76.8 Å². The summed E-state index contributed by atoms with van der Waals surface area (Å²) in [5.41, 5.74) is -2.12. The number of rotatable bonds is 24. The van der Waals surface area contributed by atoms with Crippen molar-refractivity contribution in [3.05, 3.63) is 233 Å². The van der Waals surface area contributed by atoms with Crippen LogP contribution in [0.1, 0.15) is 119 Å². The molecule has 0 radical (unpaired) electrons. The smallest absolute Gasteiger partial charge is 0.497 e. The number of aromatic nitrogens is 2. The van der Waals surface area contributed by atoms with Gasteiger partial charge in [0.15, 0.2) is 0 Å². The molecule has 0 aliphatic carbocycles. The Balaban J connectivity index is 0.000000229. The van der Waals surface area contributed by atoms with E-state index in [0.29, 0.717) is 47.3 Å². The van der Waals surface area contributed by atoms with Gasteiger partial charge in [-0.05, 0) is 147 Å². The lowest BCUT2D eigenvalue weighted by molar-refractivity contribution is -0.274. The molecule has 2 aliphatic rings. The van der Waals surface area contributed by atoms with Gasteiger partial charge in [0.2, 0.25) is 0 Å². The summed E-state index contributed by atoms with van der Waals surface area (Å²) in [6, 6.07) is 30.4. The first-order valence-electron chi connectivity index (χ1n) is 31.2. The zero-order valence-electron chi connectivity index (χ0n) is 53.6. The molecule has 0 fully saturated rings. The largest absolute Gasteiger partial charge is 0.573 e. The van der Waals surface area contributed by atoms with E-state index in [2.05, 4.69) is 15.4 Å². The number of carbonyl (C=O) groups excluding carboxylic acids is 2. The van der Waals surface area contributed by atoms with Crippen LogP contribution in [0.2, 0.25) is 0 Å². The number of hydrogen-bond acceptors (Lipinski definition) is 12. The highest BCUT2D eigenvalue weighted by molar-refractivity contribution is 7.99. The van der Waals surface area contributed by atoms with Crippen LogP contribution in [0.5, 0.6) is 11.5 Å². The molecule has 0 spiro atoms. The van der Waals surface area contributed by atoms with Gasteiger partial charge in [-0.1, -0.05) is 84.9 Å². The molecule has 2 aromatic heterocycles. The number of hydrogen-bond donors (Lipinski definition) is 2. The van der Waals surface area contributed by atoms with E-state index >= 15 is 13.2 Å². The molecule has 520 valence electrons. The van der Waals surface area contributed by atoms with Crippen molar-refractivity contribution in [3.63, 3.8) is 0 Å². The first-order chi connectivity index (χ1) is 46.6. The van der Waals surface area contributed by atoms with Crippen molar-refractivity contribution < 1.29 is 81.2 Å². The van der Waals surface area contributed by atoms with E-state index in [9.17, 15) is 58.7 Å². The molecule has 2 N–H and O–H groups in total. The molecule has 4 atom stereocenters. The molecular weight excluding hydrogens is 1340 g/mol. The Morgan fingerprint density at radius 3 is 1.43 bits per heavy atom. The summed E-state index contributed by atoms with van der Waals surface area (Å²) in [6.07, 6.45) is -14.6. The predicted octanol–water partition coefficient (Wildman–Crippen LogP) is 16.8. The van der Waals surface area contributed by atoms with Crippen molar-refractivity contribution in [2.75, 3.05) is 44.9 Å². The summed E-state index contributed by atoms with van der Waals surface area (Å²) in [7, 11) is 1.40. The van der Waals surface area contributed by atoms with Crippen molar-refractivity contribution >= 4 is 35.5 Å². The molecule has 4 unspecified atom stereocenters. The molecule has 10 rings (SSSR count). The normalized spacial score (nSPS) is 15.0. The number of benzene rings is 6. The molecule has 0 bridgehead atoms. The Hall–Kier alpha value is -8.46. The molecule has 2 aliphatic heterocycles. The maximum atomic E-state index is 15.5. The van der Waals surface area contributed by atoms with Gasteiger partial charge in [-0.3, -0.25) is 28.3 Å². The van der Waals surface area contributed by atoms with Crippen LogP contribution in [0, 0.1) is 31.3 Å². The Bertz CT molecular complexity index is 4280. The Labute approximate surface area is 565 Å². The molecule has 26 heteroatoms. The van der Waals surface area contributed by atoms with E-state index in [1.54, 1.807) is 20.8 Å². The number of methoxy groups -OCH3 is 1. The minimum atomic E-state index is -5.02. The third kappa shape index (κ3) is 17.1. The van der Waals surface area contributed by atoms with Crippen LogP contribution in [0.3, 0.4) is 0 Å². The topological polar surface area (TPSA) is 139 Å². The van der Waals surface area contributed by atoms with E-state index in [-0.39, 0.29) is 88.4 Å². The predicted molar refractivity (Wildman–Crippen MR) is 349 cm³/mol. The van der Waals surface area contributed by atoms with Gasteiger partial charge in [0.25, 0.3) is 11.1 Å². The van der Waals surface area contributed by atoms with Crippen LogP contribution < -0.4 is 31.2 Å². The minimum Gasteiger partial charge on any atom is -0.497 e. The fraction of sp³-hybridized carbons (Fsp3) is 0.333. The second-order valence-corrected chi connectivity index (χ2v) is 25.0. The highest BCUT2D eigenvalue weighted by Crippen LogP contribution is 2.48.